The first-order chi connectivity index (χ1) is 43.8. The summed E-state index contributed by atoms with van der Waals surface area (Å²) in [5.41, 5.74) is 5.41. The van der Waals surface area contributed by atoms with Crippen LogP contribution in [0.4, 0.5) is 0 Å². The third-order valence-corrected chi connectivity index (χ3v) is 18.4. The lowest BCUT2D eigenvalue weighted by Gasteiger charge is -2.19. The van der Waals surface area contributed by atoms with Crippen molar-refractivity contribution in [2.75, 3.05) is 26.4 Å². The van der Waals surface area contributed by atoms with Gasteiger partial charge in [-0.25, -0.2) is 4.57 Å². The minimum absolute atomic E-state index is 0.0552. The number of unbranched alkanes of at least 4 members (excludes halogenated alkanes) is 51. The van der Waals surface area contributed by atoms with Crippen molar-refractivity contribution in [2.45, 2.75) is 405 Å². The molecule has 0 aromatic carbocycles. The number of esters is 2. The lowest BCUT2D eigenvalue weighted by atomic mass is 10.0. The Kier molecular flexibility index (Phi) is 72.8. The minimum atomic E-state index is -4.39. The van der Waals surface area contributed by atoms with Crippen LogP contribution in [-0.4, -0.2) is 49.3 Å². The Balaban J connectivity index is 3.77. The molecule has 0 aliphatic carbocycles. The molecule has 522 valence electrons. The van der Waals surface area contributed by atoms with Crippen LogP contribution in [0.2, 0.25) is 0 Å². The number of phosphoric acid groups is 1. The van der Waals surface area contributed by atoms with E-state index in [1.807, 2.05) is 0 Å². The molecule has 0 radical (unpaired) electrons. The summed E-state index contributed by atoms with van der Waals surface area (Å²) < 4.78 is 33.3. The minimum Gasteiger partial charge on any atom is -0.462 e. The fraction of sp³-hybridized carbons (Fsp3) is 0.848. The molecular formula is C79H148NO8P. The molecule has 0 aromatic rings. The Hall–Kier alpha value is -2.29. The van der Waals surface area contributed by atoms with E-state index < -0.39 is 26.5 Å². The maximum Gasteiger partial charge on any atom is 0.472 e. The van der Waals surface area contributed by atoms with Gasteiger partial charge in [-0.15, -0.1) is 0 Å². The second kappa shape index (κ2) is 74.7. The van der Waals surface area contributed by atoms with E-state index in [0.29, 0.717) is 6.42 Å². The van der Waals surface area contributed by atoms with Crippen LogP contribution in [0.15, 0.2) is 60.8 Å². The molecule has 0 aliphatic heterocycles. The molecule has 0 rings (SSSR count). The molecule has 0 bridgehead atoms. The van der Waals surface area contributed by atoms with E-state index in [9.17, 15) is 19.0 Å². The standard InChI is InChI=1S/C79H148NO8P/c1-3-5-7-9-11-13-15-17-19-21-23-25-27-29-31-33-35-37-38-40-41-43-45-47-49-51-53-55-57-59-61-63-65-67-69-71-78(81)85-75-77(76-87-89(83,84)86-74-73-80)88-79(82)72-70-68-66-64-62-60-58-56-54-52-50-48-46-44-42-39-36-34-32-30-28-26-24-22-20-18-16-14-12-10-8-6-4-2/h6,8,12,14,18,20-21,23-24,26,77H,3-5,7,9-11,13,15-17,19,22,25,27-76,80H2,1-2H3,(H,83,84)/b8-6-,14-12-,20-18-,23-21-,26-24-. The second-order valence-corrected chi connectivity index (χ2v) is 27.7. The molecule has 0 heterocycles. The number of rotatable bonds is 74. The molecule has 0 spiro atoms. The normalized spacial score (nSPS) is 13.2. The summed E-state index contributed by atoms with van der Waals surface area (Å²) in [5.74, 6) is -0.805. The molecule has 2 unspecified atom stereocenters. The highest BCUT2D eigenvalue weighted by Gasteiger charge is 2.26. The zero-order valence-electron chi connectivity index (χ0n) is 58.9. The fourth-order valence-electron chi connectivity index (χ4n) is 11.7. The van der Waals surface area contributed by atoms with Gasteiger partial charge in [0.2, 0.25) is 0 Å². The van der Waals surface area contributed by atoms with E-state index in [4.69, 9.17) is 24.3 Å². The monoisotopic (exact) mass is 1270 g/mol. The van der Waals surface area contributed by atoms with Gasteiger partial charge in [-0.2, -0.15) is 0 Å². The Morgan fingerprint density at radius 2 is 0.618 bits per heavy atom. The van der Waals surface area contributed by atoms with Crippen molar-refractivity contribution >= 4 is 19.8 Å². The number of ether oxygens (including phenoxy) is 2. The van der Waals surface area contributed by atoms with Gasteiger partial charge in [0, 0.05) is 19.4 Å². The van der Waals surface area contributed by atoms with Crippen LogP contribution in [0.5, 0.6) is 0 Å². The third-order valence-electron chi connectivity index (χ3n) is 17.4. The maximum atomic E-state index is 12.8. The lowest BCUT2D eigenvalue weighted by molar-refractivity contribution is -0.161. The average molecular weight is 1270 g/mol. The zero-order chi connectivity index (χ0) is 64.4. The lowest BCUT2D eigenvalue weighted by Crippen LogP contribution is -2.29. The van der Waals surface area contributed by atoms with Gasteiger partial charge in [-0.3, -0.25) is 18.6 Å². The van der Waals surface area contributed by atoms with Crippen LogP contribution in [0.25, 0.3) is 0 Å². The Morgan fingerprint density at radius 1 is 0.348 bits per heavy atom. The molecule has 0 aromatic heterocycles. The van der Waals surface area contributed by atoms with Crippen LogP contribution in [0.1, 0.15) is 399 Å². The molecule has 0 fully saturated rings. The summed E-state index contributed by atoms with van der Waals surface area (Å²) >= 11 is 0. The first kappa shape index (κ1) is 86.7. The van der Waals surface area contributed by atoms with Crippen LogP contribution in [-0.2, 0) is 32.7 Å². The Bertz CT molecular complexity index is 1640. The molecule has 9 nitrogen and oxygen atoms in total. The van der Waals surface area contributed by atoms with Gasteiger partial charge in [0.15, 0.2) is 6.10 Å². The molecule has 0 saturated carbocycles. The molecule has 2 atom stereocenters. The highest BCUT2D eigenvalue weighted by molar-refractivity contribution is 7.47. The first-order valence-corrected chi connectivity index (χ1v) is 40.3. The number of carbonyl (C=O) groups is 2. The van der Waals surface area contributed by atoms with E-state index in [2.05, 4.69) is 74.6 Å². The number of allylic oxidation sites excluding steroid dienone is 10. The van der Waals surface area contributed by atoms with Crippen molar-refractivity contribution in [2.24, 2.45) is 5.73 Å². The van der Waals surface area contributed by atoms with Crippen molar-refractivity contribution in [3.05, 3.63) is 60.8 Å². The maximum absolute atomic E-state index is 12.8. The molecular weight excluding hydrogens is 1120 g/mol. The molecule has 89 heavy (non-hydrogen) atoms. The predicted molar refractivity (Wildman–Crippen MR) is 386 cm³/mol. The predicted octanol–water partition coefficient (Wildman–Crippen LogP) is 25.8. The van der Waals surface area contributed by atoms with E-state index >= 15 is 0 Å². The van der Waals surface area contributed by atoms with Crippen LogP contribution < -0.4 is 5.73 Å². The summed E-state index contributed by atoms with van der Waals surface area (Å²) in [5, 5.41) is 0. The molecule has 0 saturated heterocycles. The SMILES string of the molecule is CC/C=C\C/C=C\C/C=C\C/C=C\CCCCCCCCCCCCCCCCCCCCCCC(=O)OC(COC(=O)CCCCCCCCCCCCCCCCCCCCCCCCC/C=C\CCCCCCCCCC)COP(=O)(O)OCCN. The van der Waals surface area contributed by atoms with E-state index in [1.54, 1.807) is 0 Å². The van der Waals surface area contributed by atoms with Gasteiger partial charge in [-0.1, -0.05) is 370 Å². The molecule has 0 aliphatic rings. The molecule has 3 N–H and O–H groups in total. The van der Waals surface area contributed by atoms with Gasteiger partial charge in [0.05, 0.1) is 13.2 Å². The Morgan fingerprint density at radius 3 is 0.933 bits per heavy atom. The van der Waals surface area contributed by atoms with Gasteiger partial charge in [0.25, 0.3) is 0 Å². The van der Waals surface area contributed by atoms with E-state index in [0.717, 1.165) is 57.8 Å². The summed E-state index contributed by atoms with van der Waals surface area (Å²) in [6.07, 6.45) is 97.8. The van der Waals surface area contributed by atoms with Crippen molar-refractivity contribution in [1.82, 2.24) is 0 Å². The van der Waals surface area contributed by atoms with Crippen molar-refractivity contribution in [3.63, 3.8) is 0 Å². The fourth-order valence-corrected chi connectivity index (χ4v) is 12.5. The number of hydrogen-bond acceptors (Lipinski definition) is 8. The van der Waals surface area contributed by atoms with Gasteiger partial charge in [-0.05, 0) is 77.0 Å². The summed E-state index contributed by atoms with van der Waals surface area (Å²) in [6.45, 7) is 3.71. The van der Waals surface area contributed by atoms with Crippen molar-refractivity contribution < 1.29 is 37.6 Å². The van der Waals surface area contributed by atoms with Gasteiger partial charge in [0.1, 0.15) is 6.61 Å². The van der Waals surface area contributed by atoms with Crippen molar-refractivity contribution in [1.29, 1.82) is 0 Å². The largest absolute Gasteiger partial charge is 0.472 e. The average Bonchev–Trinajstić information content (AvgIpc) is 3.58. The van der Waals surface area contributed by atoms with Crippen LogP contribution in [0.3, 0.4) is 0 Å². The topological polar surface area (TPSA) is 134 Å². The number of carbonyl (C=O) groups excluding carboxylic acids is 2. The van der Waals surface area contributed by atoms with E-state index in [-0.39, 0.29) is 38.6 Å². The second-order valence-electron chi connectivity index (χ2n) is 26.2. The molecule has 0 amide bonds. The summed E-state index contributed by atoms with van der Waals surface area (Å²) in [7, 11) is -4.39. The highest BCUT2D eigenvalue weighted by Crippen LogP contribution is 2.43. The summed E-state index contributed by atoms with van der Waals surface area (Å²) in [4.78, 5) is 35.4. The Labute approximate surface area is 552 Å². The smallest absolute Gasteiger partial charge is 0.462 e. The number of hydrogen-bond donors (Lipinski definition) is 2. The van der Waals surface area contributed by atoms with Gasteiger partial charge < -0.3 is 20.1 Å². The van der Waals surface area contributed by atoms with Gasteiger partial charge >= 0.3 is 19.8 Å². The van der Waals surface area contributed by atoms with E-state index in [1.165, 1.54) is 308 Å². The highest BCUT2D eigenvalue weighted by atomic mass is 31.2. The third kappa shape index (κ3) is 74.6. The first-order valence-electron chi connectivity index (χ1n) is 38.8. The number of phosphoric ester groups is 1. The van der Waals surface area contributed by atoms with Crippen LogP contribution >= 0.6 is 7.82 Å². The molecule has 10 heteroatoms. The quantitative estimate of drug-likeness (QED) is 0.0264. The van der Waals surface area contributed by atoms with Crippen molar-refractivity contribution in [3.8, 4) is 0 Å². The zero-order valence-corrected chi connectivity index (χ0v) is 59.8. The van der Waals surface area contributed by atoms with Crippen LogP contribution in [0, 0.1) is 0 Å². The number of nitrogens with two attached hydrogens (primary N) is 1. The summed E-state index contributed by atoms with van der Waals surface area (Å²) in [6, 6.07) is 0.